The molecule has 0 unspecified atom stereocenters. The van der Waals surface area contributed by atoms with Crippen molar-refractivity contribution in [1.29, 1.82) is 0 Å². The summed E-state index contributed by atoms with van der Waals surface area (Å²) in [6, 6.07) is 8.66. The highest BCUT2D eigenvalue weighted by Gasteiger charge is 2.08. The van der Waals surface area contributed by atoms with Crippen LogP contribution < -0.4 is 10.6 Å². The van der Waals surface area contributed by atoms with E-state index in [1.54, 1.807) is 42.6 Å². The summed E-state index contributed by atoms with van der Waals surface area (Å²) in [5.41, 5.74) is 1.66. The van der Waals surface area contributed by atoms with Crippen LogP contribution in [0.2, 0.25) is 10.0 Å². The van der Waals surface area contributed by atoms with Crippen LogP contribution in [0.25, 0.3) is 0 Å². The summed E-state index contributed by atoms with van der Waals surface area (Å²) in [6.07, 6.45) is 3.15. The molecule has 6 heteroatoms. The lowest BCUT2D eigenvalue weighted by atomic mass is 10.2. The van der Waals surface area contributed by atoms with Crippen molar-refractivity contribution in [1.82, 2.24) is 10.3 Å². The van der Waals surface area contributed by atoms with Crippen molar-refractivity contribution in [2.75, 3.05) is 11.9 Å². The largest absolute Gasteiger partial charge is 0.354 e. The van der Waals surface area contributed by atoms with Crippen LogP contribution in [0.1, 0.15) is 10.5 Å². The van der Waals surface area contributed by atoms with E-state index in [9.17, 15) is 4.79 Å². The molecule has 0 spiro atoms. The Hall–Kier alpha value is -2.04. The van der Waals surface area contributed by atoms with E-state index in [1.807, 2.05) is 0 Å². The molecule has 21 heavy (non-hydrogen) atoms. The Morgan fingerprint density at radius 3 is 2.90 bits per heavy atom. The predicted molar refractivity (Wildman–Crippen MR) is 86.5 cm³/mol. The van der Waals surface area contributed by atoms with Crippen LogP contribution in [0.3, 0.4) is 0 Å². The van der Waals surface area contributed by atoms with Gasteiger partial charge in [-0.1, -0.05) is 35.3 Å². The van der Waals surface area contributed by atoms with Gasteiger partial charge in [0.25, 0.3) is 5.91 Å². The van der Waals surface area contributed by atoms with E-state index in [0.29, 0.717) is 33.7 Å². The monoisotopic (exact) mass is 321 g/mol. The summed E-state index contributed by atoms with van der Waals surface area (Å²) < 4.78 is 0. The maximum atomic E-state index is 11.8. The van der Waals surface area contributed by atoms with Gasteiger partial charge in [0.2, 0.25) is 0 Å². The number of amides is 1. The minimum atomic E-state index is -0.268. The molecule has 0 saturated heterocycles. The number of benzene rings is 1. The van der Waals surface area contributed by atoms with Crippen molar-refractivity contribution in [2.45, 2.75) is 0 Å². The number of halogens is 2. The molecule has 1 aromatic heterocycles. The van der Waals surface area contributed by atoms with E-state index in [0.717, 1.165) is 0 Å². The molecule has 0 bridgehead atoms. The second-order valence-corrected chi connectivity index (χ2v) is 4.94. The number of aromatic nitrogens is 1. The predicted octanol–water partition coefficient (Wildman–Crippen LogP) is 4.05. The molecular weight excluding hydrogens is 309 g/mol. The van der Waals surface area contributed by atoms with Gasteiger partial charge in [-0.15, -0.1) is 6.58 Å². The summed E-state index contributed by atoms with van der Waals surface area (Å²) in [4.78, 5) is 15.9. The van der Waals surface area contributed by atoms with Gasteiger partial charge >= 0.3 is 0 Å². The zero-order valence-electron chi connectivity index (χ0n) is 11.1. The smallest absolute Gasteiger partial charge is 0.270 e. The van der Waals surface area contributed by atoms with E-state index in [2.05, 4.69) is 22.2 Å². The molecular formula is C15H13Cl2N3O. The second kappa shape index (κ2) is 7.11. The lowest BCUT2D eigenvalue weighted by molar-refractivity contribution is 0.0953. The van der Waals surface area contributed by atoms with Gasteiger partial charge < -0.3 is 10.6 Å². The summed E-state index contributed by atoms with van der Waals surface area (Å²) in [6.45, 7) is 3.93. The number of nitrogens with zero attached hydrogens (tertiary/aromatic N) is 1. The number of hydrogen-bond acceptors (Lipinski definition) is 3. The third kappa shape index (κ3) is 3.97. The van der Waals surface area contributed by atoms with Gasteiger partial charge in [-0.3, -0.25) is 9.78 Å². The van der Waals surface area contributed by atoms with Crippen LogP contribution in [-0.4, -0.2) is 17.4 Å². The highest BCUT2D eigenvalue weighted by molar-refractivity contribution is 6.43. The highest BCUT2D eigenvalue weighted by atomic mass is 35.5. The lowest BCUT2D eigenvalue weighted by Gasteiger charge is -2.10. The van der Waals surface area contributed by atoms with E-state index >= 15 is 0 Å². The standard InChI is InChI=1S/C15H13Cl2N3O/c1-2-7-19-15(21)13-9-10(6-8-18-13)20-12-5-3-4-11(16)14(12)17/h2-6,8-9H,1,7H2,(H,18,20)(H,19,21). The minimum Gasteiger partial charge on any atom is -0.354 e. The zero-order chi connectivity index (χ0) is 15.2. The number of rotatable bonds is 5. The molecule has 1 heterocycles. The molecule has 1 amide bonds. The molecule has 2 aromatic rings. The topological polar surface area (TPSA) is 54.0 Å². The summed E-state index contributed by atoms with van der Waals surface area (Å²) >= 11 is 12.1. The van der Waals surface area contributed by atoms with Gasteiger partial charge in [-0.25, -0.2) is 0 Å². The van der Waals surface area contributed by atoms with E-state index in [4.69, 9.17) is 23.2 Å². The zero-order valence-corrected chi connectivity index (χ0v) is 12.6. The first kappa shape index (κ1) is 15.4. The molecule has 4 nitrogen and oxygen atoms in total. The van der Waals surface area contributed by atoms with Gasteiger partial charge in [0, 0.05) is 18.4 Å². The van der Waals surface area contributed by atoms with Crippen LogP contribution >= 0.6 is 23.2 Å². The molecule has 2 N–H and O–H groups in total. The van der Waals surface area contributed by atoms with Crippen LogP contribution in [0.5, 0.6) is 0 Å². The Bertz CT molecular complexity index is 674. The summed E-state index contributed by atoms with van der Waals surface area (Å²) in [5.74, 6) is -0.268. The van der Waals surface area contributed by atoms with Crippen molar-refractivity contribution in [3.63, 3.8) is 0 Å². The second-order valence-electron chi connectivity index (χ2n) is 4.15. The van der Waals surface area contributed by atoms with Gasteiger partial charge in [-0.05, 0) is 24.3 Å². The third-order valence-electron chi connectivity index (χ3n) is 2.63. The fraction of sp³-hybridized carbons (Fsp3) is 0.0667. The van der Waals surface area contributed by atoms with Gasteiger partial charge in [0.1, 0.15) is 5.69 Å². The molecule has 0 aliphatic heterocycles. The average Bonchev–Trinajstić information content (AvgIpc) is 2.50. The van der Waals surface area contributed by atoms with Crippen LogP contribution in [0, 0.1) is 0 Å². The van der Waals surface area contributed by atoms with E-state index in [-0.39, 0.29) is 5.91 Å². The Labute approximate surface area is 132 Å². The number of carbonyl (C=O) groups excluding carboxylic acids is 1. The maximum absolute atomic E-state index is 11.8. The summed E-state index contributed by atoms with van der Waals surface area (Å²) in [5, 5.41) is 6.66. The number of anilines is 2. The first-order valence-corrected chi connectivity index (χ1v) is 6.93. The van der Waals surface area contributed by atoms with Crippen molar-refractivity contribution in [3.05, 3.63) is 64.9 Å². The lowest BCUT2D eigenvalue weighted by Crippen LogP contribution is -2.24. The van der Waals surface area contributed by atoms with Crippen LogP contribution in [-0.2, 0) is 0 Å². The molecule has 108 valence electrons. The molecule has 0 saturated carbocycles. The Morgan fingerprint density at radius 2 is 2.14 bits per heavy atom. The van der Waals surface area contributed by atoms with Crippen LogP contribution in [0.4, 0.5) is 11.4 Å². The number of pyridine rings is 1. The molecule has 0 aliphatic rings. The maximum Gasteiger partial charge on any atom is 0.270 e. The van der Waals surface area contributed by atoms with Crippen molar-refractivity contribution < 1.29 is 4.79 Å². The molecule has 0 fully saturated rings. The Morgan fingerprint density at radius 1 is 1.33 bits per heavy atom. The first-order valence-electron chi connectivity index (χ1n) is 6.18. The molecule has 2 rings (SSSR count). The molecule has 0 radical (unpaired) electrons. The first-order chi connectivity index (χ1) is 10.1. The molecule has 0 atom stereocenters. The summed E-state index contributed by atoms with van der Waals surface area (Å²) in [7, 11) is 0. The van der Waals surface area contributed by atoms with Crippen molar-refractivity contribution in [3.8, 4) is 0 Å². The number of nitrogens with one attached hydrogen (secondary N) is 2. The van der Waals surface area contributed by atoms with E-state index < -0.39 is 0 Å². The fourth-order valence-corrected chi connectivity index (χ4v) is 1.99. The highest BCUT2D eigenvalue weighted by Crippen LogP contribution is 2.31. The quantitative estimate of drug-likeness (QED) is 0.817. The van der Waals surface area contributed by atoms with Crippen LogP contribution in [0.15, 0.2) is 49.2 Å². The van der Waals surface area contributed by atoms with Gasteiger partial charge in [-0.2, -0.15) is 0 Å². The molecule has 1 aromatic carbocycles. The third-order valence-corrected chi connectivity index (χ3v) is 3.45. The number of hydrogen-bond donors (Lipinski definition) is 2. The normalized spacial score (nSPS) is 10.0. The van der Waals surface area contributed by atoms with Gasteiger partial charge in [0.15, 0.2) is 0 Å². The van der Waals surface area contributed by atoms with Gasteiger partial charge in [0.05, 0.1) is 15.7 Å². The Balaban J connectivity index is 2.19. The van der Waals surface area contributed by atoms with Crippen molar-refractivity contribution >= 4 is 40.5 Å². The molecule has 0 aliphatic carbocycles. The van der Waals surface area contributed by atoms with Crippen molar-refractivity contribution in [2.24, 2.45) is 0 Å². The Kier molecular flexibility index (Phi) is 5.20. The SMILES string of the molecule is C=CCNC(=O)c1cc(Nc2cccc(Cl)c2Cl)ccn1. The van der Waals surface area contributed by atoms with E-state index in [1.165, 1.54) is 0 Å². The minimum absolute atomic E-state index is 0.268. The fourth-order valence-electron chi connectivity index (χ4n) is 1.64. The number of carbonyl (C=O) groups is 1. The average molecular weight is 322 g/mol.